The van der Waals surface area contributed by atoms with Gasteiger partial charge in [-0.1, -0.05) is 6.42 Å². The number of fused-ring (bicyclic) bond motifs is 2. The third kappa shape index (κ3) is 3.89. The van der Waals surface area contributed by atoms with E-state index in [2.05, 4.69) is 17.6 Å². The predicted molar refractivity (Wildman–Crippen MR) is 100 cm³/mol. The quantitative estimate of drug-likeness (QED) is 0.624. The van der Waals surface area contributed by atoms with E-state index in [4.69, 9.17) is 17.0 Å². The second-order valence-corrected chi connectivity index (χ2v) is 7.43. The van der Waals surface area contributed by atoms with Crippen molar-refractivity contribution >= 4 is 29.0 Å². The van der Waals surface area contributed by atoms with Crippen LogP contribution in [-0.4, -0.2) is 23.7 Å². The molecule has 0 spiro atoms. The molecule has 24 heavy (non-hydrogen) atoms. The molecule has 1 aromatic carbocycles. The van der Waals surface area contributed by atoms with E-state index in [0.29, 0.717) is 23.3 Å². The monoisotopic (exact) mass is 346 g/mol. The molecule has 130 valence electrons. The lowest BCUT2D eigenvalue weighted by Gasteiger charge is -2.29. The molecule has 0 saturated heterocycles. The van der Waals surface area contributed by atoms with Crippen molar-refractivity contribution in [2.24, 2.45) is 17.8 Å². The molecule has 0 aromatic heterocycles. The minimum atomic E-state index is -0.297. The van der Waals surface area contributed by atoms with Crippen LogP contribution in [0.2, 0.25) is 0 Å². The molecule has 4 atom stereocenters. The van der Waals surface area contributed by atoms with Gasteiger partial charge in [0.25, 0.3) is 0 Å². The highest BCUT2D eigenvalue weighted by molar-refractivity contribution is 7.80. The summed E-state index contributed by atoms with van der Waals surface area (Å²) in [5, 5.41) is 7.30. The van der Waals surface area contributed by atoms with E-state index in [1.54, 1.807) is 19.1 Å². The number of esters is 1. The Kier molecular flexibility index (Phi) is 5.39. The number of carbonyl (C=O) groups is 1. The van der Waals surface area contributed by atoms with E-state index in [9.17, 15) is 4.79 Å². The Hall–Kier alpha value is -1.62. The molecule has 5 heteroatoms. The maximum Gasteiger partial charge on any atom is 0.338 e. The van der Waals surface area contributed by atoms with Gasteiger partial charge in [0.2, 0.25) is 0 Å². The van der Waals surface area contributed by atoms with Gasteiger partial charge in [0.05, 0.1) is 12.2 Å². The Morgan fingerprint density at radius 2 is 2.04 bits per heavy atom. The number of carbonyl (C=O) groups excluding carboxylic acids is 1. The molecule has 2 aliphatic rings. The Balaban J connectivity index is 1.50. The second-order valence-electron chi connectivity index (χ2n) is 7.02. The van der Waals surface area contributed by atoms with E-state index < -0.39 is 0 Å². The average molecular weight is 346 g/mol. The number of ether oxygens (including phenoxy) is 1. The number of rotatable bonds is 5. The average Bonchev–Trinajstić information content (AvgIpc) is 3.18. The van der Waals surface area contributed by atoms with Gasteiger partial charge >= 0.3 is 5.97 Å². The van der Waals surface area contributed by atoms with Gasteiger partial charge in [-0.15, -0.1) is 0 Å². The summed E-state index contributed by atoms with van der Waals surface area (Å²) in [5.74, 6) is 2.27. The van der Waals surface area contributed by atoms with Crippen LogP contribution in [0.15, 0.2) is 24.3 Å². The zero-order chi connectivity index (χ0) is 17.1. The lowest BCUT2D eigenvalue weighted by molar-refractivity contribution is 0.0526. The lowest BCUT2D eigenvalue weighted by atomic mass is 9.84. The first-order chi connectivity index (χ1) is 11.6. The fraction of sp³-hybridized carbons (Fsp3) is 0.579. The molecule has 0 unspecified atom stereocenters. The smallest absolute Gasteiger partial charge is 0.338 e. The van der Waals surface area contributed by atoms with Crippen molar-refractivity contribution in [1.82, 2.24) is 5.32 Å². The highest BCUT2D eigenvalue weighted by Crippen LogP contribution is 2.49. The molecular weight excluding hydrogens is 320 g/mol. The van der Waals surface area contributed by atoms with Crippen LogP contribution in [0.25, 0.3) is 0 Å². The van der Waals surface area contributed by atoms with Crippen molar-refractivity contribution in [2.75, 3.05) is 11.9 Å². The number of hydrogen-bond acceptors (Lipinski definition) is 3. The summed E-state index contributed by atoms with van der Waals surface area (Å²) in [5.41, 5.74) is 1.43. The first-order valence-electron chi connectivity index (χ1n) is 8.91. The maximum absolute atomic E-state index is 11.7. The van der Waals surface area contributed by atoms with E-state index in [1.165, 1.54) is 25.7 Å². The van der Waals surface area contributed by atoms with E-state index in [1.807, 2.05) is 12.1 Å². The zero-order valence-electron chi connectivity index (χ0n) is 14.4. The molecule has 2 bridgehead atoms. The van der Waals surface area contributed by atoms with Gasteiger partial charge in [0.15, 0.2) is 5.11 Å². The molecule has 0 aliphatic heterocycles. The topological polar surface area (TPSA) is 50.4 Å². The molecule has 0 amide bonds. The van der Waals surface area contributed by atoms with Gasteiger partial charge in [0, 0.05) is 11.7 Å². The Bertz CT molecular complexity index is 602. The second kappa shape index (κ2) is 7.51. The number of benzene rings is 1. The molecule has 3 rings (SSSR count). The van der Waals surface area contributed by atoms with Crippen molar-refractivity contribution in [3.63, 3.8) is 0 Å². The highest BCUT2D eigenvalue weighted by Gasteiger charge is 2.41. The third-order valence-corrected chi connectivity index (χ3v) is 5.67. The molecule has 2 N–H and O–H groups in total. The van der Waals surface area contributed by atoms with Crippen molar-refractivity contribution in [3.8, 4) is 0 Å². The Morgan fingerprint density at radius 1 is 1.29 bits per heavy atom. The summed E-state index contributed by atoms with van der Waals surface area (Å²) in [6.45, 7) is 4.42. The number of anilines is 1. The first kappa shape index (κ1) is 17.2. The van der Waals surface area contributed by atoms with Crippen molar-refractivity contribution in [2.45, 2.75) is 45.6 Å². The fourth-order valence-corrected chi connectivity index (χ4v) is 4.60. The van der Waals surface area contributed by atoms with E-state index in [-0.39, 0.29) is 5.97 Å². The van der Waals surface area contributed by atoms with Crippen LogP contribution in [0.3, 0.4) is 0 Å². The van der Waals surface area contributed by atoms with Crippen LogP contribution in [-0.2, 0) is 4.74 Å². The number of hydrogen-bond donors (Lipinski definition) is 2. The van der Waals surface area contributed by atoms with Crippen LogP contribution in [0.4, 0.5) is 5.69 Å². The van der Waals surface area contributed by atoms with Gasteiger partial charge in [-0.05, 0) is 87.3 Å². The Morgan fingerprint density at radius 3 is 2.62 bits per heavy atom. The molecule has 2 aliphatic carbocycles. The molecule has 0 radical (unpaired) electrons. The molecule has 0 heterocycles. The highest BCUT2D eigenvalue weighted by atomic mass is 32.1. The molecule has 2 fully saturated rings. The Labute approximate surface area is 149 Å². The summed E-state index contributed by atoms with van der Waals surface area (Å²) in [6, 6.07) is 7.61. The van der Waals surface area contributed by atoms with Crippen LogP contribution in [0.1, 0.15) is 49.9 Å². The van der Waals surface area contributed by atoms with E-state index in [0.717, 1.165) is 23.4 Å². The van der Waals surface area contributed by atoms with Crippen LogP contribution >= 0.6 is 12.2 Å². The first-order valence-corrected chi connectivity index (χ1v) is 9.32. The molecular formula is C19H26N2O2S. The summed E-state index contributed by atoms with van der Waals surface area (Å²) >= 11 is 5.45. The number of nitrogens with one attached hydrogen (secondary N) is 2. The van der Waals surface area contributed by atoms with E-state index >= 15 is 0 Å². The molecule has 2 saturated carbocycles. The molecule has 1 aromatic rings. The standard InChI is InChI=1S/C19H26N2O2S/c1-3-23-18(22)14-6-8-16(9-7-14)21-19(24)20-12(2)17-11-13-4-5-15(17)10-13/h6-9,12-13,15,17H,3-5,10-11H2,1-2H3,(H2,20,21,24)/t12-,13+,15+,17-/m0/s1. The van der Waals surface area contributed by atoms with Crippen LogP contribution < -0.4 is 10.6 Å². The van der Waals surface area contributed by atoms with Crippen LogP contribution in [0, 0.1) is 17.8 Å². The van der Waals surface area contributed by atoms with Gasteiger partial charge in [-0.2, -0.15) is 0 Å². The fourth-order valence-electron chi connectivity index (χ4n) is 4.29. The largest absolute Gasteiger partial charge is 0.462 e. The van der Waals surface area contributed by atoms with Crippen molar-refractivity contribution < 1.29 is 9.53 Å². The lowest BCUT2D eigenvalue weighted by Crippen LogP contribution is -2.42. The summed E-state index contributed by atoms with van der Waals surface area (Å²) < 4.78 is 4.99. The van der Waals surface area contributed by atoms with Gasteiger partial charge in [-0.25, -0.2) is 4.79 Å². The SMILES string of the molecule is CCOC(=O)c1ccc(NC(=S)N[C@@H](C)[C@@H]2C[C@@H]3CC[C@@H]2C3)cc1. The molecule has 4 nitrogen and oxygen atoms in total. The van der Waals surface area contributed by atoms with Crippen LogP contribution in [0.5, 0.6) is 0 Å². The predicted octanol–water partition coefficient (Wildman–Crippen LogP) is 3.97. The summed E-state index contributed by atoms with van der Waals surface area (Å²) in [7, 11) is 0. The van der Waals surface area contributed by atoms with Gasteiger partial charge in [-0.3, -0.25) is 0 Å². The summed E-state index contributed by atoms with van der Waals surface area (Å²) in [6.07, 6.45) is 5.56. The van der Waals surface area contributed by atoms with Gasteiger partial charge < -0.3 is 15.4 Å². The number of thiocarbonyl (C=S) groups is 1. The maximum atomic E-state index is 11.7. The third-order valence-electron chi connectivity index (χ3n) is 5.45. The van der Waals surface area contributed by atoms with Crippen molar-refractivity contribution in [1.29, 1.82) is 0 Å². The normalized spacial score (nSPS) is 26.0. The zero-order valence-corrected chi connectivity index (χ0v) is 15.2. The van der Waals surface area contributed by atoms with Crippen molar-refractivity contribution in [3.05, 3.63) is 29.8 Å². The van der Waals surface area contributed by atoms with Gasteiger partial charge in [0.1, 0.15) is 0 Å². The minimum absolute atomic E-state index is 0.297. The summed E-state index contributed by atoms with van der Waals surface area (Å²) in [4.78, 5) is 11.7. The minimum Gasteiger partial charge on any atom is -0.462 e.